The van der Waals surface area contributed by atoms with Crippen LogP contribution in [0.25, 0.3) is 0 Å². The smallest absolute Gasteiger partial charge is 0.263 e. The maximum Gasteiger partial charge on any atom is 0.263 e. The molecule has 0 aromatic heterocycles. The van der Waals surface area contributed by atoms with Crippen molar-refractivity contribution in [2.24, 2.45) is 0 Å². The highest BCUT2D eigenvalue weighted by Crippen LogP contribution is 2.27. The van der Waals surface area contributed by atoms with Gasteiger partial charge in [-0.15, -0.1) is 0 Å². The van der Waals surface area contributed by atoms with E-state index < -0.39 is 11.7 Å². The Balaban J connectivity index is 1.91. The summed E-state index contributed by atoms with van der Waals surface area (Å²) in [4.78, 5) is 14.0. The van der Waals surface area contributed by atoms with E-state index in [9.17, 15) is 9.90 Å². The molecule has 1 atom stereocenters. The maximum atomic E-state index is 12.3. The summed E-state index contributed by atoms with van der Waals surface area (Å²) in [6.07, 6.45) is 1.82. The van der Waals surface area contributed by atoms with Crippen molar-refractivity contribution < 1.29 is 14.6 Å². The van der Waals surface area contributed by atoms with Gasteiger partial charge in [0.25, 0.3) is 5.91 Å². The summed E-state index contributed by atoms with van der Waals surface area (Å²) < 4.78 is 5.74. The molecule has 0 saturated carbocycles. The average Bonchev–Trinajstić information content (AvgIpc) is 2.42. The quantitative estimate of drug-likeness (QED) is 0.867. The van der Waals surface area contributed by atoms with E-state index in [1.54, 1.807) is 4.90 Å². The van der Waals surface area contributed by atoms with E-state index >= 15 is 0 Å². The second-order valence-corrected chi connectivity index (χ2v) is 5.50. The molecule has 0 aliphatic carbocycles. The van der Waals surface area contributed by atoms with Gasteiger partial charge in [-0.05, 0) is 25.0 Å². The van der Waals surface area contributed by atoms with Crippen molar-refractivity contribution >= 4 is 5.91 Å². The van der Waals surface area contributed by atoms with E-state index in [1.807, 2.05) is 44.2 Å². The van der Waals surface area contributed by atoms with Crippen molar-refractivity contribution in [2.45, 2.75) is 44.8 Å². The van der Waals surface area contributed by atoms with Crippen LogP contribution in [0.4, 0.5) is 0 Å². The number of likely N-dealkylation sites (tertiary alicyclic amines) is 1. The molecular formula is C16H23NO3. The number of rotatable bonds is 6. The van der Waals surface area contributed by atoms with Crippen LogP contribution in [0, 0.1) is 0 Å². The first-order valence-corrected chi connectivity index (χ1v) is 7.31. The van der Waals surface area contributed by atoms with Gasteiger partial charge in [0.1, 0.15) is 5.75 Å². The van der Waals surface area contributed by atoms with E-state index in [2.05, 4.69) is 0 Å². The predicted octanol–water partition coefficient (Wildman–Crippen LogP) is 2.22. The van der Waals surface area contributed by atoms with Crippen LogP contribution in [0.5, 0.6) is 5.75 Å². The van der Waals surface area contributed by atoms with Crippen LogP contribution in [0.1, 0.15) is 33.1 Å². The Labute approximate surface area is 120 Å². The van der Waals surface area contributed by atoms with Gasteiger partial charge < -0.3 is 14.7 Å². The first kappa shape index (κ1) is 14.9. The Hall–Kier alpha value is -1.55. The lowest BCUT2D eigenvalue weighted by atomic mass is 9.89. The van der Waals surface area contributed by atoms with E-state index in [-0.39, 0.29) is 5.91 Å². The minimum atomic E-state index is -0.685. The van der Waals surface area contributed by atoms with Crippen LogP contribution in [-0.2, 0) is 4.79 Å². The van der Waals surface area contributed by atoms with Gasteiger partial charge in [-0.3, -0.25) is 4.79 Å². The summed E-state index contributed by atoms with van der Waals surface area (Å²) in [6, 6.07) is 9.38. The summed E-state index contributed by atoms with van der Waals surface area (Å²) in [5.41, 5.74) is -0.685. The number of nitrogens with zero attached hydrogens (tertiary/aromatic N) is 1. The number of hydrogen-bond donors (Lipinski definition) is 1. The Morgan fingerprint density at radius 3 is 2.55 bits per heavy atom. The Bertz CT molecular complexity index is 440. The molecule has 4 nitrogen and oxygen atoms in total. The van der Waals surface area contributed by atoms with Crippen molar-refractivity contribution in [3.05, 3.63) is 30.3 Å². The molecule has 1 unspecified atom stereocenters. The highest BCUT2D eigenvalue weighted by molar-refractivity contribution is 5.82. The van der Waals surface area contributed by atoms with E-state index in [0.29, 0.717) is 25.3 Å². The molecule has 1 fully saturated rings. The first-order valence-electron chi connectivity index (χ1n) is 7.31. The highest BCUT2D eigenvalue weighted by Gasteiger charge is 2.44. The fraction of sp³-hybridized carbons (Fsp3) is 0.562. The van der Waals surface area contributed by atoms with E-state index in [0.717, 1.165) is 12.8 Å². The molecule has 0 radical (unpaired) electrons. The summed E-state index contributed by atoms with van der Waals surface area (Å²) in [6.45, 7) is 4.82. The number of aliphatic hydroxyl groups is 1. The lowest BCUT2D eigenvalue weighted by Crippen LogP contribution is -2.65. The number of para-hydroxylation sites is 1. The van der Waals surface area contributed by atoms with Crippen molar-refractivity contribution in [1.29, 1.82) is 0 Å². The van der Waals surface area contributed by atoms with Gasteiger partial charge in [-0.25, -0.2) is 0 Å². The van der Waals surface area contributed by atoms with Crippen LogP contribution < -0.4 is 4.74 Å². The van der Waals surface area contributed by atoms with Crippen molar-refractivity contribution in [3.8, 4) is 5.75 Å². The van der Waals surface area contributed by atoms with Gasteiger partial charge in [0.15, 0.2) is 6.10 Å². The van der Waals surface area contributed by atoms with Gasteiger partial charge in [0, 0.05) is 0 Å². The third kappa shape index (κ3) is 3.31. The molecule has 4 heteroatoms. The zero-order chi connectivity index (χ0) is 14.6. The van der Waals surface area contributed by atoms with Crippen molar-refractivity contribution in [3.63, 3.8) is 0 Å². The molecule has 1 N–H and O–H groups in total. The molecule has 20 heavy (non-hydrogen) atoms. The van der Waals surface area contributed by atoms with Gasteiger partial charge in [0.05, 0.1) is 18.7 Å². The third-order valence-electron chi connectivity index (χ3n) is 3.67. The molecule has 1 amide bonds. The number of benzene rings is 1. The SMILES string of the molecule is CCCC1(O)CN(C(=O)C(CC)Oc2ccccc2)C1. The molecule has 1 saturated heterocycles. The second kappa shape index (κ2) is 6.27. The standard InChI is InChI=1S/C16H23NO3/c1-3-10-16(19)11-17(12-16)15(18)14(4-2)20-13-8-6-5-7-9-13/h5-9,14,19H,3-4,10-12H2,1-2H3. The Morgan fingerprint density at radius 1 is 1.35 bits per heavy atom. The van der Waals surface area contributed by atoms with Crippen LogP contribution in [0.3, 0.4) is 0 Å². The fourth-order valence-electron chi connectivity index (χ4n) is 2.62. The molecule has 1 aromatic carbocycles. The number of amides is 1. The maximum absolute atomic E-state index is 12.3. The van der Waals surface area contributed by atoms with Gasteiger partial charge in [-0.2, -0.15) is 0 Å². The average molecular weight is 277 g/mol. The molecule has 0 spiro atoms. The van der Waals surface area contributed by atoms with E-state index in [1.165, 1.54) is 0 Å². The van der Waals surface area contributed by atoms with Gasteiger partial charge in [-0.1, -0.05) is 38.5 Å². The van der Waals surface area contributed by atoms with Crippen LogP contribution in [0.15, 0.2) is 30.3 Å². The Kier molecular flexibility index (Phi) is 4.65. The molecule has 1 aliphatic rings. The Morgan fingerprint density at radius 2 is 2.00 bits per heavy atom. The summed E-state index contributed by atoms with van der Waals surface area (Å²) >= 11 is 0. The van der Waals surface area contributed by atoms with E-state index in [4.69, 9.17) is 4.74 Å². The molecule has 110 valence electrons. The zero-order valence-electron chi connectivity index (χ0n) is 12.2. The number of carbonyl (C=O) groups excluding carboxylic acids is 1. The summed E-state index contributed by atoms with van der Waals surface area (Å²) in [5, 5.41) is 10.1. The van der Waals surface area contributed by atoms with Crippen molar-refractivity contribution in [1.82, 2.24) is 4.90 Å². The number of ether oxygens (including phenoxy) is 1. The minimum absolute atomic E-state index is 0.0304. The lowest BCUT2D eigenvalue weighted by molar-refractivity contribution is -0.163. The normalized spacial score (nSPS) is 18.2. The number of hydrogen-bond acceptors (Lipinski definition) is 3. The second-order valence-electron chi connectivity index (χ2n) is 5.50. The van der Waals surface area contributed by atoms with Crippen LogP contribution >= 0.6 is 0 Å². The van der Waals surface area contributed by atoms with Gasteiger partial charge >= 0.3 is 0 Å². The molecule has 2 rings (SSSR count). The molecule has 1 aliphatic heterocycles. The lowest BCUT2D eigenvalue weighted by Gasteiger charge is -2.47. The number of carbonyl (C=O) groups is 1. The summed E-state index contributed by atoms with van der Waals surface area (Å²) in [7, 11) is 0. The molecule has 1 heterocycles. The predicted molar refractivity (Wildman–Crippen MR) is 77.6 cm³/mol. The minimum Gasteiger partial charge on any atom is -0.481 e. The van der Waals surface area contributed by atoms with Crippen LogP contribution in [0.2, 0.25) is 0 Å². The molecular weight excluding hydrogens is 254 g/mol. The molecule has 1 aromatic rings. The van der Waals surface area contributed by atoms with Gasteiger partial charge in [0.2, 0.25) is 0 Å². The fourth-order valence-corrected chi connectivity index (χ4v) is 2.62. The van der Waals surface area contributed by atoms with Crippen LogP contribution in [-0.4, -0.2) is 40.7 Å². The third-order valence-corrected chi connectivity index (χ3v) is 3.67. The highest BCUT2D eigenvalue weighted by atomic mass is 16.5. The number of β-amino-alcohol motifs (C(OH)–C–C–N with tert-alkyl or cyclic N) is 1. The largest absolute Gasteiger partial charge is 0.481 e. The van der Waals surface area contributed by atoms with Crippen molar-refractivity contribution in [2.75, 3.05) is 13.1 Å². The topological polar surface area (TPSA) is 49.8 Å². The monoisotopic (exact) mass is 277 g/mol. The summed E-state index contributed by atoms with van der Waals surface area (Å²) in [5.74, 6) is 0.675. The molecule has 0 bridgehead atoms. The first-order chi connectivity index (χ1) is 9.58. The zero-order valence-corrected chi connectivity index (χ0v) is 12.2.